The van der Waals surface area contributed by atoms with E-state index < -0.39 is 11.9 Å². The van der Waals surface area contributed by atoms with Crippen LogP contribution in [0.5, 0.6) is 11.5 Å². The Morgan fingerprint density at radius 2 is 1.12 bits per heavy atom. The zero-order valence-electron chi connectivity index (χ0n) is 12.1. The first kappa shape index (κ1) is 16.7. The highest BCUT2D eigenvalue weighted by Crippen LogP contribution is 2.24. The van der Waals surface area contributed by atoms with Crippen LogP contribution in [0.25, 0.3) is 0 Å². The molecular weight excluding hydrogens is 316 g/mol. The van der Waals surface area contributed by atoms with Gasteiger partial charge in [0.1, 0.15) is 22.6 Å². The largest absolute Gasteiger partial charge is 0.507 e. The van der Waals surface area contributed by atoms with Gasteiger partial charge in [-0.2, -0.15) is 0 Å². The van der Waals surface area contributed by atoms with E-state index in [1.54, 1.807) is 0 Å². The molecule has 0 bridgehead atoms. The fourth-order valence-electron chi connectivity index (χ4n) is 1.79. The summed E-state index contributed by atoms with van der Waals surface area (Å²) in [6.45, 7) is 0. The fourth-order valence-corrected chi connectivity index (χ4v) is 1.79. The first-order chi connectivity index (χ1) is 11.4. The number of aromatic carboxylic acids is 2. The number of hydrogen-bond acceptors (Lipinski definition) is 6. The number of aliphatic imine (C=N–C) groups is 2. The molecule has 8 nitrogen and oxygen atoms in total. The van der Waals surface area contributed by atoms with E-state index in [-0.39, 0.29) is 22.6 Å². The third-order valence-corrected chi connectivity index (χ3v) is 2.93. The molecule has 8 heteroatoms. The van der Waals surface area contributed by atoms with Crippen molar-refractivity contribution in [1.82, 2.24) is 0 Å². The van der Waals surface area contributed by atoms with Crippen molar-refractivity contribution in [2.24, 2.45) is 9.98 Å². The number of hydrogen-bond donors (Lipinski definition) is 4. The lowest BCUT2D eigenvalue weighted by Crippen LogP contribution is -1.96. The third kappa shape index (κ3) is 3.95. The van der Waals surface area contributed by atoms with Crippen molar-refractivity contribution in [2.75, 3.05) is 0 Å². The molecule has 0 aliphatic heterocycles. The minimum atomic E-state index is -1.27. The number of carbonyl (C=O) groups is 2. The molecule has 2 rings (SSSR count). The molecule has 0 heterocycles. The lowest BCUT2D eigenvalue weighted by Gasteiger charge is -2.00. The number of nitrogens with zero attached hydrogens (tertiary/aromatic N) is 2. The minimum absolute atomic E-state index is 0.272. The van der Waals surface area contributed by atoms with Crippen molar-refractivity contribution < 1.29 is 30.0 Å². The summed E-state index contributed by atoms with van der Waals surface area (Å²) in [5.41, 5.74) is 0.0552. The molecule has 0 atom stereocenters. The van der Waals surface area contributed by atoms with Gasteiger partial charge in [0.2, 0.25) is 0 Å². The normalized spacial score (nSPS) is 11.2. The Hall–Kier alpha value is -3.68. The Kier molecular flexibility index (Phi) is 4.90. The molecule has 0 saturated carbocycles. The Morgan fingerprint density at radius 1 is 0.750 bits per heavy atom. The Bertz CT molecular complexity index is 786. The smallest absolute Gasteiger partial charge is 0.339 e. The lowest BCUT2D eigenvalue weighted by molar-refractivity contribution is 0.0682. The molecule has 0 aliphatic carbocycles. The molecule has 4 N–H and O–H groups in total. The molecule has 0 aromatic heterocycles. The monoisotopic (exact) mass is 328 g/mol. The summed E-state index contributed by atoms with van der Waals surface area (Å²) in [6.07, 6.45) is 2.57. The van der Waals surface area contributed by atoms with Crippen LogP contribution >= 0.6 is 0 Å². The standard InChI is InChI=1S/C16H12N2O6/c19-13-3-1-9(7-11(13)15(21)22)17-5-6-18-10-2-4-14(20)12(8-10)16(23)24/h1-8,19-20H,(H,21,22)(H,23,24)/b17-5+,18-6+. The van der Waals surface area contributed by atoms with Gasteiger partial charge in [-0.3, -0.25) is 9.98 Å². The molecule has 0 amide bonds. The Balaban J connectivity index is 2.16. The van der Waals surface area contributed by atoms with Gasteiger partial charge < -0.3 is 20.4 Å². The third-order valence-electron chi connectivity index (χ3n) is 2.93. The second-order valence-corrected chi connectivity index (χ2v) is 4.57. The molecule has 0 unspecified atom stereocenters. The molecule has 122 valence electrons. The molecule has 24 heavy (non-hydrogen) atoms. The lowest BCUT2D eigenvalue weighted by atomic mass is 10.2. The van der Waals surface area contributed by atoms with Crippen molar-refractivity contribution in [2.45, 2.75) is 0 Å². The van der Waals surface area contributed by atoms with Gasteiger partial charge in [0.05, 0.1) is 11.4 Å². The van der Waals surface area contributed by atoms with Gasteiger partial charge in [0, 0.05) is 12.4 Å². The van der Waals surface area contributed by atoms with Crippen LogP contribution in [0.1, 0.15) is 20.7 Å². The van der Waals surface area contributed by atoms with Gasteiger partial charge in [0.25, 0.3) is 0 Å². The van der Waals surface area contributed by atoms with Crippen molar-refractivity contribution >= 4 is 35.7 Å². The van der Waals surface area contributed by atoms with E-state index in [4.69, 9.17) is 10.2 Å². The highest BCUT2D eigenvalue weighted by atomic mass is 16.4. The Morgan fingerprint density at radius 3 is 1.46 bits per heavy atom. The molecule has 0 fully saturated rings. The quantitative estimate of drug-likeness (QED) is 0.622. The molecule has 2 aromatic rings. The fraction of sp³-hybridized carbons (Fsp3) is 0. The zero-order valence-corrected chi connectivity index (χ0v) is 12.1. The van der Waals surface area contributed by atoms with Crippen molar-refractivity contribution in [1.29, 1.82) is 0 Å². The molecule has 2 aromatic carbocycles. The number of phenols is 2. The summed E-state index contributed by atoms with van der Waals surface area (Å²) in [7, 11) is 0. The summed E-state index contributed by atoms with van der Waals surface area (Å²) < 4.78 is 0. The van der Waals surface area contributed by atoms with Crippen LogP contribution in [0.3, 0.4) is 0 Å². The summed E-state index contributed by atoms with van der Waals surface area (Å²) >= 11 is 0. The van der Waals surface area contributed by atoms with Crippen LogP contribution < -0.4 is 0 Å². The topological polar surface area (TPSA) is 140 Å². The summed E-state index contributed by atoms with van der Waals surface area (Å²) in [4.78, 5) is 29.7. The SMILES string of the molecule is O=C(O)c1cc(/N=C/C=N/c2ccc(O)c(C(=O)O)c2)ccc1O. The zero-order chi connectivity index (χ0) is 17.7. The molecular formula is C16H12N2O6. The van der Waals surface area contributed by atoms with Crippen LogP contribution in [0.2, 0.25) is 0 Å². The highest BCUT2D eigenvalue weighted by molar-refractivity contribution is 6.17. The predicted molar refractivity (Wildman–Crippen MR) is 86.4 cm³/mol. The van der Waals surface area contributed by atoms with Gasteiger partial charge in [-0.05, 0) is 36.4 Å². The van der Waals surface area contributed by atoms with Gasteiger partial charge in [-0.25, -0.2) is 9.59 Å². The maximum absolute atomic E-state index is 10.9. The van der Waals surface area contributed by atoms with E-state index in [0.717, 1.165) is 0 Å². The number of carboxylic acid groups (broad SMARTS) is 2. The van der Waals surface area contributed by atoms with Crippen LogP contribution in [-0.2, 0) is 0 Å². The summed E-state index contributed by atoms with van der Waals surface area (Å²) in [5.74, 6) is -3.27. The summed E-state index contributed by atoms with van der Waals surface area (Å²) in [6, 6.07) is 7.68. The number of rotatable bonds is 5. The second kappa shape index (κ2) is 7.05. The van der Waals surface area contributed by atoms with Crippen LogP contribution in [-0.4, -0.2) is 44.8 Å². The van der Waals surface area contributed by atoms with E-state index in [1.807, 2.05) is 0 Å². The van der Waals surface area contributed by atoms with E-state index in [9.17, 15) is 19.8 Å². The Labute approximate surface area is 135 Å². The second-order valence-electron chi connectivity index (χ2n) is 4.57. The van der Waals surface area contributed by atoms with Crippen molar-refractivity contribution in [3.63, 3.8) is 0 Å². The van der Waals surface area contributed by atoms with E-state index in [2.05, 4.69) is 9.98 Å². The highest BCUT2D eigenvalue weighted by Gasteiger charge is 2.10. The first-order valence-electron chi connectivity index (χ1n) is 6.58. The van der Waals surface area contributed by atoms with Gasteiger partial charge >= 0.3 is 11.9 Å². The van der Waals surface area contributed by atoms with Crippen LogP contribution in [0, 0.1) is 0 Å². The maximum atomic E-state index is 10.9. The molecule has 0 radical (unpaired) electrons. The molecule has 0 saturated heterocycles. The molecule has 0 aliphatic rings. The number of aromatic hydroxyl groups is 2. The van der Waals surface area contributed by atoms with Crippen molar-refractivity contribution in [3.8, 4) is 11.5 Å². The van der Waals surface area contributed by atoms with Gasteiger partial charge in [0.15, 0.2) is 0 Å². The van der Waals surface area contributed by atoms with Crippen LogP contribution in [0.15, 0.2) is 46.4 Å². The summed E-state index contributed by atoms with van der Waals surface area (Å²) in [5, 5.41) is 36.6. The maximum Gasteiger partial charge on any atom is 0.339 e. The average molecular weight is 328 g/mol. The molecule has 0 spiro atoms. The van der Waals surface area contributed by atoms with E-state index in [0.29, 0.717) is 11.4 Å². The van der Waals surface area contributed by atoms with Crippen LogP contribution in [0.4, 0.5) is 11.4 Å². The predicted octanol–water partition coefficient (Wildman–Crippen LogP) is 2.60. The average Bonchev–Trinajstić information content (AvgIpc) is 2.53. The van der Waals surface area contributed by atoms with Crippen molar-refractivity contribution in [3.05, 3.63) is 47.5 Å². The first-order valence-corrected chi connectivity index (χ1v) is 6.58. The number of carboxylic acids is 2. The minimum Gasteiger partial charge on any atom is -0.507 e. The van der Waals surface area contributed by atoms with E-state index >= 15 is 0 Å². The van der Waals surface area contributed by atoms with E-state index in [1.165, 1.54) is 48.8 Å². The van der Waals surface area contributed by atoms with Gasteiger partial charge in [-0.15, -0.1) is 0 Å². The number of benzene rings is 2. The van der Waals surface area contributed by atoms with Gasteiger partial charge in [-0.1, -0.05) is 0 Å².